The Hall–Kier alpha value is -1.54. The highest BCUT2D eigenvalue weighted by atomic mass is 16.3. The normalized spacial score (nSPS) is 45.1. The molecule has 28 heavy (non-hydrogen) atoms. The monoisotopic (exact) mass is 378 g/mol. The minimum Gasteiger partial charge on any atom is -0.512 e. The highest BCUT2D eigenvalue weighted by molar-refractivity contribution is 5.74. The third-order valence-electron chi connectivity index (χ3n) is 9.13. The van der Waals surface area contributed by atoms with Crippen LogP contribution in [0.2, 0.25) is 0 Å². The molecule has 7 atom stereocenters. The van der Waals surface area contributed by atoms with Crippen LogP contribution in [0, 0.1) is 34.5 Å². The van der Waals surface area contributed by atoms with Crippen molar-refractivity contribution in [2.45, 2.75) is 65.4 Å². The van der Waals surface area contributed by atoms with Crippen LogP contribution in [-0.2, 0) is 0 Å². The number of allylic oxidation sites excluding steroid dienone is 3. The number of fused-ring (bicyclic) bond motifs is 5. The summed E-state index contributed by atoms with van der Waals surface area (Å²) in [7, 11) is 0. The fraction of sp³-hybridized carbons (Fsp3) is 0.615. The molecule has 4 aliphatic rings. The lowest BCUT2D eigenvalue weighted by atomic mass is 9.45. The van der Waals surface area contributed by atoms with Crippen molar-refractivity contribution in [1.82, 2.24) is 0 Å². The fourth-order valence-corrected chi connectivity index (χ4v) is 7.75. The summed E-state index contributed by atoms with van der Waals surface area (Å²) in [6, 6.07) is 10.6. The van der Waals surface area contributed by atoms with Crippen LogP contribution in [0.3, 0.4) is 0 Å². The number of benzene rings is 1. The van der Waals surface area contributed by atoms with Gasteiger partial charge in [-0.25, -0.2) is 0 Å². The molecule has 0 spiro atoms. The van der Waals surface area contributed by atoms with Gasteiger partial charge < -0.3 is 10.2 Å². The molecule has 2 N–H and O–H groups in total. The van der Waals surface area contributed by atoms with Gasteiger partial charge >= 0.3 is 0 Å². The molecule has 150 valence electrons. The minimum atomic E-state index is -0.154. The van der Waals surface area contributed by atoms with Crippen molar-refractivity contribution in [2.24, 2.45) is 34.5 Å². The van der Waals surface area contributed by atoms with E-state index >= 15 is 0 Å². The first kappa shape index (κ1) is 18.5. The maximum Gasteiger partial charge on any atom is 0.0969 e. The molecular weight excluding hydrogens is 344 g/mol. The average molecular weight is 379 g/mol. The highest BCUT2D eigenvalue weighted by Crippen LogP contribution is 2.68. The SMILES string of the molecule is C[C@H]1C=C2C[C@@H](O)CC[C@]2(C)[C@H]2CC[C@]3(C)C(c4ccccc4)=C(O)C[C@H]3[C@H]12. The van der Waals surface area contributed by atoms with E-state index in [2.05, 4.69) is 57.2 Å². The molecular formula is C26H34O2. The number of hydrogen-bond acceptors (Lipinski definition) is 2. The van der Waals surface area contributed by atoms with Gasteiger partial charge in [-0.05, 0) is 72.2 Å². The maximum atomic E-state index is 11.1. The smallest absolute Gasteiger partial charge is 0.0969 e. The molecule has 0 unspecified atom stereocenters. The molecule has 2 saturated carbocycles. The van der Waals surface area contributed by atoms with Crippen molar-refractivity contribution in [3.63, 3.8) is 0 Å². The summed E-state index contributed by atoms with van der Waals surface area (Å²) in [4.78, 5) is 0. The van der Waals surface area contributed by atoms with E-state index in [0.717, 1.165) is 32.1 Å². The first-order valence-corrected chi connectivity index (χ1v) is 11.2. The first-order chi connectivity index (χ1) is 13.3. The summed E-state index contributed by atoms with van der Waals surface area (Å²) < 4.78 is 0. The molecule has 5 rings (SSSR count). The van der Waals surface area contributed by atoms with E-state index in [1.165, 1.54) is 23.1 Å². The summed E-state index contributed by atoms with van der Waals surface area (Å²) in [6.07, 6.45) is 8.49. The standard InChI is InChI=1S/C26H34O2/c1-16-13-18-14-19(27)9-11-25(18,2)20-10-12-26(3)21(23(16)20)15-22(28)24(26)17-7-5-4-6-8-17/h4-8,13,16,19-21,23,27-28H,9-12,14-15H2,1-3H3/t16-,19-,20-,21-,23+,25-,26-/m0/s1. The zero-order valence-corrected chi connectivity index (χ0v) is 17.5. The van der Waals surface area contributed by atoms with Crippen LogP contribution in [0.1, 0.15) is 64.9 Å². The largest absolute Gasteiger partial charge is 0.512 e. The molecule has 2 fully saturated rings. The predicted octanol–water partition coefficient (Wildman–Crippen LogP) is 6.14. The van der Waals surface area contributed by atoms with Crippen LogP contribution in [0.4, 0.5) is 0 Å². The molecule has 0 aliphatic heterocycles. The lowest BCUT2D eigenvalue weighted by Crippen LogP contribution is -2.52. The number of hydrogen-bond donors (Lipinski definition) is 2. The van der Waals surface area contributed by atoms with Crippen molar-refractivity contribution < 1.29 is 10.2 Å². The fourth-order valence-electron chi connectivity index (χ4n) is 7.75. The Labute approximate surface area is 169 Å². The summed E-state index contributed by atoms with van der Waals surface area (Å²) in [5.41, 5.74) is 4.24. The van der Waals surface area contributed by atoms with Gasteiger partial charge in [0, 0.05) is 12.0 Å². The Morgan fingerprint density at radius 1 is 0.929 bits per heavy atom. The second-order valence-electron chi connectivity index (χ2n) is 10.5. The van der Waals surface area contributed by atoms with Gasteiger partial charge in [0.25, 0.3) is 0 Å². The van der Waals surface area contributed by atoms with Gasteiger partial charge in [0.1, 0.15) is 0 Å². The quantitative estimate of drug-likeness (QED) is 0.577. The van der Waals surface area contributed by atoms with E-state index in [1.54, 1.807) is 0 Å². The van der Waals surface area contributed by atoms with Crippen molar-refractivity contribution in [2.75, 3.05) is 0 Å². The predicted molar refractivity (Wildman–Crippen MR) is 114 cm³/mol. The molecule has 2 nitrogen and oxygen atoms in total. The molecule has 1 aromatic rings. The summed E-state index contributed by atoms with van der Waals surface area (Å²) in [5, 5.41) is 21.3. The first-order valence-electron chi connectivity index (χ1n) is 11.2. The van der Waals surface area contributed by atoms with Crippen LogP contribution in [-0.4, -0.2) is 16.3 Å². The summed E-state index contributed by atoms with van der Waals surface area (Å²) >= 11 is 0. The van der Waals surface area contributed by atoms with E-state index < -0.39 is 0 Å². The Balaban J connectivity index is 1.55. The van der Waals surface area contributed by atoms with E-state index in [-0.39, 0.29) is 16.9 Å². The van der Waals surface area contributed by atoms with Crippen molar-refractivity contribution in [1.29, 1.82) is 0 Å². The van der Waals surface area contributed by atoms with Crippen molar-refractivity contribution in [3.05, 3.63) is 53.3 Å². The summed E-state index contributed by atoms with van der Waals surface area (Å²) in [6.45, 7) is 7.27. The highest BCUT2D eigenvalue weighted by Gasteiger charge is 2.59. The van der Waals surface area contributed by atoms with E-state index in [1.807, 2.05) is 0 Å². The van der Waals surface area contributed by atoms with Crippen LogP contribution in [0.5, 0.6) is 0 Å². The second-order valence-corrected chi connectivity index (χ2v) is 10.5. The molecule has 0 radical (unpaired) electrons. The van der Waals surface area contributed by atoms with E-state index in [0.29, 0.717) is 29.4 Å². The molecule has 1 aromatic carbocycles. The van der Waals surface area contributed by atoms with Gasteiger partial charge in [-0.1, -0.05) is 62.8 Å². The van der Waals surface area contributed by atoms with E-state index in [9.17, 15) is 10.2 Å². The lowest BCUT2D eigenvalue weighted by molar-refractivity contribution is -0.0437. The van der Waals surface area contributed by atoms with Gasteiger partial charge in [0.2, 0.25) is 0 Å². The average Bonchev–Trinajstić information content (AvgIpc) is 2.94. The number of rotatable bonds is 1. The van der Waals surface area contributed by atoms with Gasteiger partial charge in [-0.2, -0.15) is 0 Å². The third-order valence-corrected chi connectivity index (χ3v) is 9.13. The van der Waals surface area contributed by atoms with Crippen LogP contribution in [0.15, 0.2) is 47.7 Å². The minimum absolute atomic E-state index is 0.0662. The summed E-state index contributed by atoms with van der Waals surface area (Å²) in [5.74, 6) is 2.96. The molecule has 0 heterocycles. The number of aliphatic hydroxyl groups excluding tert-OH is 2. The third kappa shape index (κ3) is 2.43. The van der Waals surface area contributed by atoms with Gasteiger partial charge in [-0.15, -0.1) is 0 Å². The van der Waals surface area contributed by atoms with Crippen LogP contribution >= 0.6 is 0 Å². The van der Waals surface area contributed by atoms with Crippen LogP contribution < -0.4 is 0 Å². The zero-order chi connectivity index (χ0) is 19.7. The van der Waals surface area contributed by atoms with Gasteiger partial charge in [-0.3, -0.25) is 0 Å². The van der Waals surface area contributed by atoms with Crippen molar-refractivity contribution in [3.8, 4) is 0 Å². The zero-order valence-electron chi connectivity index (χ0n) is 17.5. The Morgan fingerprint density at radius 2 is 1.64 bits per heavy atom. The lowest BCUT2D eigenvalue weighted by Gasteiger charge is -2.59. The van der Waals surface area contributed by atoms with Gasteiger partial charge in [0.15, 0.2) is 0 Å². The molecule has 0 amide bonds. The second kappa shape index (κ2) is 6.23. The maximum absolute atomic E-state index is 11.1. The van der Waals surface area contributed by atoms with Crippen LogP contribution in [0.25, 0.3) is 5.57 Å². The number of aliphatic hydroxyl groups is 2. The molecule has 0 bridgehead atoms. The van der Waals surface area contributed by atoms with Gasteiger partial charge in [0.05, 0.1) is 11.9 Å². The molecule has 4 aliphatic carbocycles. The Morgan fingerprint density at radius 3 is 2.39 bits per heavy atom. The molecule has 0 aromatic heterocycles. The molecule has 2 heteroatoms. The topological polar surface area (TPSA) is 40.5 Å². The van der Waals surface area contributed by atoms with Crippen molar-refractivity contribution >= 4 is 5.57 Å². The Bertz CT molecular complexity index is 837. The van der Waals surface area contributed by atoms with E-state index in [4.69, 9.17) is 0 Å². The Kier molecular flexibility index (Phi) is 4.11. The molecule has 0 saturated heterocycles.